The summed E-state index contributed by atoms with van der Waals surface area (Å²) in [5, 5.41) is 0. The van der Waals surface area contributed by atoms with Crippen LogP contribution in [0, 0.1) is 5.92 Å². The maximum atomic E-state index is 2.59. The molecular weight excluding hydrogens is 831 g/mol. The highest BCUT2D eigenvalue weighted by Gasteiger charge is 2.45. The monoisotopic (exact) mass is 885 g/mol. The molecule has 0 fully saturated rings. The van der Waals surface area contributed by atoms with E-state index in [1.807, 2.05) is 0 Å². The molecule has 0 heterocycles. The Morgan fingerprint density at radius 2 is 0.826 bits per heavy atom. The first kappa shape index (κ1) is 41.4. The lowest BCUT2D eigenvalue weighted by atomic mass is 9.67. The summed E-state index contributed by atoms with van der Waals surface area (Å²) in [6.07, 6.45) is 10.2. The molecule has 0 saturated heterocycles. The topological polar surface area (TPSA) is 3.24 Å². The van der Waals surface area contributed by atoms with E-state index in [1.165, 1.54) is 100 Å². The van der Waals surface area contributed by atoms with E-state index < -0.39 is 0 Å². The van der Waals surface area contributed by atoms with Gasteiger partial charge in [0.2, 0.25) is 0 Å². The first-order valence-corrected chi connectivity index (χ1v) is 24.8. The quantitative estimate of drug-likeness (QED) is 0.154. The average molecular weight is 886 g/mol. The summed E-state index contributed by atoms with van der Waals surface area (Å²) in [5.41, 5.74) is 26.6. The largest absolute Gasteiger partial charge is 0.309 e. The number of nitrogens with zero attached hydrogens (tertiary/aromatic N) is 1. The number of allylic oxidation sites excluding steroid dienone is 4. The van der Waals surface area contributed by atoms with Crippen molar-refractivity contribution < 1.29 is 0 Å². The smallest absolute Gasteiger partial charge is 0.0540 e. The summed E-state index contributed by atoms with van der Waals surface area (Å²) < 4.78 is 0. The minimum atomic E-state index is -0.195. The molecule has 2 atom stereocenters. The zero-order chi connectivity index (χ0) is 46.6. The van der Waals surface area contributed by atoms with Crippen LogP contribution < -0.4 is 4.90 Å². The van der Waals surface area contributed by atoms with Crippen LogP contribution in [0.15, 0.2) is 224 Å². The number of hydrogen-bond donors (Lipinski definition) is 0. The van der Waals surface area contributed by atoms with Crippen LogP contribution in [-0.4, -0.2) is 0 Å². The Labute approximate surface area is 407 Å². The molecule has 69 heavy (non-hydrogen) atoms. The zero-order valence-corrected chi connectivity index (χ0v) is 40.1. The highest BCUT2D eigenvalue weighted by Crippen LogP contribution is 2.59. The first-order valence-electron chi connectivity index (χ1n) is 24.8. The molecule has 4 aliphatic rings. The van der Waals surface area contributed by atoms with E-state index in [2.05, 4.69) is 264 Å². The molecule has 332 valence electrons. The molecule has 2 unspecified atom stereocenters. The molecular formula is C68H55N. The third-order valence-electron chi connectivity index (χ3n) is 16.6. The molecule has 0 radical (unpaired) electrons. The Balaban J connectivity index is 1.07. The van der Waals surface area contributed by atoms with E-state index in [0.717, 1.165) is 23.5 Å². The Bertz CT molecular complexity index is 3630. The van der Waals surface area contributed by atoms with Crippen molar-refractivity contribution in [2.45, 2.75) is 57.3 Å². The molecule has 0 aromatic heterocycles. The van der Waals surface area contributed by atoms with Crippen LogP contribution >= 0.6 is 0 Å². The summed E-state index contributed by atoms with van der Waals surface area (Å²) in [6.45, 7) is 12.1. The molecule has 13 rings (SSSR count). The normalized spacial score (nSPS) is 18.2. The standard InChI is InChI=1S/C68H55N/c1-66(2)57-35-16-11-30-55(57)64-52(31-22-37-59(64)66)50-28-13-19-39-62(50)69(63-40-20-14-29-51(63)54-33-21-32-53-48-27-9-15-34-56(48)67(3,4)65(53)54)61-38-18-12-25-46(61)44-41-42-49-47-26-10-17-36-58(47)68(5,60(49)43-44)45-23-7-6-8-24-45/h6-23,25-43,45H,24H2,1-5H3. The van der Waals surface area contributed by atoms with Gasteiger partial charge in [0, 0.05) is 32.9 Å². The number of hydrogen-bond acceptors (Lipinski definition) is 1. The lowest BCUT2D eigenvalue weighted by molar-refractivity contribution is 0.425. The average Bonchev–Trinajstić information content (AvgIpc) is 3.91. The van der Waals surface area contributed by atoms with Gasteiger partial charge in [-0.15, -0.1) is 0 Å². The van der Waals surface area contributed by atoms with Gasteiger partial charge < -0.3 is 4.90 Å². The predicted octanol–water partition coefficient (Wildman–Crippen LogP) is 18.2. The number of rotatable bonds is 7. The molecule has 9 aromatic rings. The number of benzene rings is 9. The van der Waals surface area contributed by atoms with E-state index in [4.69, 9.17) is 0 Å². The fourth-order valence-electron chi connectivity index (χ4n) is 13.2. The van der Waals surface area contributed by atoms with Gasteiger partial charge in [0.25, 0.3) is 0 Å². The van der Waals surface area contributed by atoms with Crippen LogP contribution in [0.2, 0.25) is 0 Å². The number of fused-ring (bicyclic) bond motifs is 9. The van der Waals surface area contributed by atoms with Gasteiger partial charge >= 0.3 is 0 Å². The van der Waals surface area contributed by atoms with Crippen molar-refractivity contribution in [1.82, 2.24) is 0 Å². The second-order valence-corrected chi connectivity index (χ2v) is 20.8. The van der Waals surface area contributed by atoms with Gasteiger partial charge in [-0.25, -0.2) is 0 Å². The van der Waals surface area contributed by atoms with Crippen LogP contribution in [0.3, 0.4) is 0 Å². The van der Waals surface area contributed by atoms with Crippen LogP contribution in [-0.2, 0) is 16.2 Å². The van der Waals surface area contributed by atoms with Gasteiger partial charge in [-0.2, -0.15) is 0 Å². The fraction of sp³-hybridized carbons (Fsp3) is 0.147. The van der Waals surface area contributed by atoms with Crippen molar-refractivity contribution in [3.63, 3.8) is 0 Å². The predicted molar refractivity (Wildman–Crippen MR) is 291 cm³/mol. The first-order chi connectivity index (χ1) is 33.7. The van der Waals surface area contributed by atoms with Crippen molar-refractivity contribution in [3.8, 4) is 66.8 Å². The Hall–Kier alpha value is -7.74. The van der Waals surface area contributed by atoms with E-state index in [-0.39, 0.29) is 16.2 Å². The summed E-state index contributed by atoms with van der Waals surface area (Å²) in [4.78, 5) is 2.59. The van der Waals surface area contributed by atoms with Gasteiger partial charge in [-0.05, 0) is 120 Å². The second kappa shape index (κ2) is 15.4. The molecule has 0 amide bonds. The van der Waals surface area contributed by atoms with Gasteiger partial charge in [0.1, 0.15) is 0 Å². The van der Waals surface area contributed by atoms with Crippen LogP contribution in [0.25, 0.3) is 66.8 Å². The van der Waals surface area contributed by atoms with Crippen LogP contribution in [0.5, 0.6) is 0 Å². The third kappa shape index (κ3) is 5.96. The lowest BCUT2D eigenvalue weighted by Crippen LogP contribution is -2.30. The van der Waals surface area contributed by atoms with E-state index >= 15 is 0 Å². The molecule has 4 aliphatic carbocycles. The number of anilines is 3. The maximum absolute atomic E-state index is 2.59. The summed E-state index contributed by atoms with van der Waals surface area (Å²) >= 11 is 0. The molecule has 9 aromatic carbocycles. The van der Waals surface area contributed by atoms with Gasteiger partial charge in [-0.1, -0.05) is 235 Å². The van der Waals surface area contributed by atoms with Crippen molar-refractivity contribution >= 4 is 17.1 Å². The summed E-state index contributed by atoms with van der Waals surface area (Å²) in [5.74, 6) is 0.344. The molecule has 1 heteroatoms. The Kier molecular flexibility index (Phi) is 9.24. The minimum Gasteiger partial charge on any atom is -0.309 e. The van der Waals surface area contributed by atoms with E-state index in [0.29, 0.717) is 5.92 Å². The molecule has 0 spiro atoms. The zero-order valence-electron chi connectivity index (χ0n) is 40.1. The fourth-order valence-corrected chi connectivity index (χ4v) is 13.2. The second-order valence-electron chi connectivity index (χ2n) is 20.8. The molecule has 0 saturated carbocycles. The van der Waals surface area contributed by atoms with Crippen molar-refractivity contribution in [3.05, 3.63) is 258 Å². The maximum Gasteiger partial charge on any atom is 0.0540 e. The Morgan fingerprint density at radius 1 is 0.362 bits per heavy atom. The number of para-hydroxylation sites is 3. The summed E-state index contributed by atoms with van der Waals surface area (Å²) in [6, 6.07) is 75.8. The SMILES string of the molecule is CC1(C)c2ccccc2-c2c(-c3ccccc3N(c3ccccc3-c3ccc4c(c3)C(C)(C3C=CC=CC3)c3ccccc3-4)c3ccccc3-c3cccc4c3C(C)(C)c3ccccc3-4)cccc21. The molecule has 0 aliphatic heterocycles. The molecule has 0 N–H and O–H groups in total. The highest BCUT2D eigenvalue weighted by molar-refractivity contribution is 6.03. The highest BCUT2D eigenvalue weighted by atomic mass is 15.1. The van der Waals surface area contributed by atoms with Crippen LogP contribution in [0.4, 0.5) is 17.1 Å². The van der Waals surface area contributed by atoms with Gasteiger partial charge in [0.15, 0.2) is 0 Å². The third-order valence-corrected chi connectivity index (χ3v) is 16.6. The van der Waals surface area contributed by atoms with Gasteiger partial charge in [0.05, 0.1) is 17.1 Å². The minimum absolute atomic E-state index is 0.126. The molecule has 0 bridgehead atoms. The van der Waals surface area contributed by atoms with Crippen molar-refractivity contribution in [1.29, 1.82) is 0 Å². The van der Waals surface area contributed by atoms with Crippen LogP contribution in [0.1, 0.15) is 74.4 Å². The van der Waals surface area contributed by atoms with Gasteiger partial charge in [-0.3, -0.25) is 0 Å². The van der Waals surface area contributed by atoms with Crippen molar-refractivity contribution in [2.24, 2.45) is 5.92 Å². The summed E-state index contributed by atoms with van der Waals surface area (Å²) in [7, 11) is 0. The molecule has 1 nitrogen and oxygen atoms in total. The van der Waals surface area contributed by atoms with E-state index in [1.54, 1.807) is 0 Å². The Morgan fingerprint density at radius 3 is 1.49 bits per heavy atom. The lowest BCUT2D eigenvalue weighted by Gasteiger charge is -2.36. The van der Waals surface area contributed by atoms with E-state index in [9.17, 15) is 0 Å². The van der Waals surface area contributed by atoms with Crippen molar-refractivity contribution in [2.75, 3.05) is 4.90 Å².